The molecule has 0 bridgehead atoms. The highest BCUT2D eigenvalue weighted by molar-refractivity contribution is 7.99. The van der Waals surface area contributed by atoms with E-state index in [9.17, 15) is 9.59 Å². The number of rotatable bonds is 6. The van der Waals surface area contributed by atoms with Crippen LogP contribution in [-0.4, -0.2) is 21.2 Å². The first-order valence-electron chi connectivity index (χ1n) is 8.96. The van der Waals surface area contributed by atoms with E-state index >= 15 is 0 Å². The number of thioether (sulfide) groups is 1. The van der Waals surface area contributed by atoms with Gasteiger partial charge < -0.3 is 5.32 Å². The third kappa shape index (κ3) is 3.94. The average Bonchev–Trinajstić information content (AvgIpc) is 3.39. The van der Waals surface area contributed by atoms with Gasteiger partial charge in [0.15, 0.2) is 5.16 Å². The van der Waals surface area contributed by atoms with Gasteiger partial charge in [0.1, 0.15) is 4.70 Å². The number of nitrogens with zero attached hydrogens (tertiary/aromatic N) is 2. The number of nitrogens with one attached hydrogen (secondary N) is 1. The number of aryl methyl sites for hydroxylation is 1. The monoisotopic (exact) mass is 399 g/mol. The van der Waals surface area contributed by atoms with Crippen molar-refractivity contribution in [3.8, 4) is 0 Å². The maximum Gasteiger partial charge on any atom is 0.271 e. The lowest BCUT2D eigenvalue weighted by molar-refractivity contribution is -0.119. The molecule has 1 fully saturated rings. The molecule has 1 atom stereocenters. The van der Waals surface area contributed by atoms with Gasteiger partial charge in [-0.2, -0.15) is 0 Å². The zero-order chi connectivity index (χ0) is 19.0. The first-order valence-corrected chi connectivity index (χ1v) is 10.8. The first-order chi connectivity index (χ1) is 13.0. The highest BCUT2D eigenvalue weighted by atomic mass is 32.2. The van der Waals surface area contributed by atoms with Crippen molar-refractivity contribution in [1.29, 1.82) is 0 Å². The third-order valence-corrected chi connectivity index (χ3v) is 6.75. The quantitative estimate of drug-likeness (QED) is 0.507. The van der Waals surface area contributed by atoms with Gasteiger partial charge >= 0.3 is 0 Å². The Morgan fingerprint density at radius 3 is 2.78 bits per heavy atom. The van der Waals surface area contributed by atoms with Crippen LogP contribution in [0.25, 0.3) is 10.2 Å². The van der Waals surface area contributed by atoms with E-state index in [4.69, 9.17) is 0 Å². The molecule has 5 nitrogen and oxygen atoms in total. The summed E-state index contributed by atoms with van der Waals surface area (Å²) in [6.07, 6.45) is 2.30. The van der Waals surface area contributed by atoms with Gasteiger partial charge in [-0.15, -0.1) is 11.3 Å². The van der Waals surface area contributed by atoms with E-state index in [2.05, 4.69) is 41.5 Å². The van der Waals surface area contributed by atoms with E-state index in [1.165, 1.54) is 33.2 Å². The van der Waals surface area contributed by atoms with E-state index in [0.29, 0.717) is 21.3 Å². The minimum atomic E-state index is -0.0616. The summed E-state index contributed by atoms with van der Waals surface area (Å²) < 4.78 is 2.18. The van der Waals surface area contributed by atoms with Crippen LogP contribution in [0.5, 0.6) is 0 Å². The van der Waals surface area contributed by atoms with Gasteiger partial charge in [0, 0.05) is 7.05 Å². The molecule has 140 valence electrons. The summed E-state index contributed by atoms with van der Waals surface area (Å²) in [5.74, 6) is 0.730. The molecule has 3 aromatic rings. The predicted octanol–water partition coefficient (Wildman–Crippen LogP) is 3.66. The second-order valence-corrected chi connectivity index (χ2v) is 8.83. The topological polar surface area (TPSA) is 64.0 Å². The van der Waals surface area contributed by atoms with Gasteiger partial charge in [-0.3, -0.25) is 14.2 Å². The van der Waals surface area contributed by atoms with Crippen LogP contribution in [0.3, 0.4) is 0 Å². The largest absolute Gasteiger partial charge is 0.348 e. The van der Waals surface area contributed by atoms with E-state index in [1.807, 2.05) is 11.4 Å². The molecule has 2 aromatic heterocycles. The molecule has 0 radical (unpaired) electrons. The number of amides is 1. The number of aromatic nitrogens is 2. The summed E-state index contributed by atoms with van der Waals surface area (Å²) in [5, 5.41) is 5.61. The number of carbonyl (C=O) groups excluding carboxylic acids is 1. The number of carbonyl (C=O) groups is 1. The van der Waals surface area contributed by atoms with Crippen molar-refractivity contribution in [2.24, 2.45) is 13.0 Å². The van der Waals surface area contributed by atoms with Crippen molar-refractivity contribution in [2.75, 3.05) is 5.75 Å². The number of thiophene rings is 1. The minimum absolute atomic E-state index is 0.0304. The van der Waals surface area contributed by atoms with Crippen LogP contribution in [0.15, 0.2) is 45.7 Å². The smallest absolute Gasteiger partial charge is 0.271 e. The molecule has 4 rings (SSSR count). The Balaban J connectivity index is 1.45. The molecule has 0 spiro atoms. The molecule has 1 aliphatic carbocycles. The molecule has 27 heavy (non-hydrogen) atoms. The summed E-state index contributed by atoms with van der Waals surface area (Å²) in [6, 6.07) is 10.3. The standard InChI is InChI=1S/C20H21N3O2S2/c1-12-3-5-13(6-4-12)17(14-7-8-14)22-16(24)11-27-20-21-15-9-10-26-18(15)19(25)23(20)2/h3-6,9-10,14,17H,7-8,11H2,1-2H3,(H,22,24). The SMILES string of the molecule is Cc1ccc(C(NC(=O)CSc2nc3ccsc3c(=O)n2C)C2CC2)cc1. The van der Waals surface area contributed by atoms with E-state index < -0.39 is 0 Å². The predicted molar refractivity (Wildman–Crippen MR) is 110 cm³/mol. The zero-order valence-corrected chi connectivity index (χ0v) is 16.9. The number of hydrogen-bond donors (Lipinski definition) is 1. The molecule has 0 aliphatic heterocycles. The summed E-state index contributed by atoms with van der Waals surface area (Å²) in [4.78, 5) is 29.4. The third-order valence-electron chi connectivity index (χ3n) is 4.83. The maximum absolute atomic E-state index is 12.6. The fraction of sp³-hybridized carbons (Fsp3) is 0.350. The lowest BCUT2D eigenvalue weighted by Gasteiger charge is -2.19. The fourth-order valence-electron chi connectivity index (χ4n) is 3.12. The second-order valence-electron chi connectivity index (χ2n) is 6.98. The Morgan fingerprint density at radius 2 is 2.07 bits per heavy atom. The molecular weight excluding hydrogens is 378 g/mol. The summed E-state index contributed by atoms with van der Waals surface area (Å²) in [6.45, 7) is 2.06. The van der Waals surface area contributed by atoms with E-state index in [-0.39, 0.29) is 23.3 Å². The van der Waals surface area contributed by atoms with Gasteiger partial charge in [-0.25, -0.2) is 4.98 Å². The molecule has 1 unspecified atom stereocenters. The van der Waals surface area contributed by atoms with Gasteiger partial charge in [0.05, 0.1) is 17.3 Å². The van der Waals surface area contributed by atoms with Crippen molar-refractivity contribution in [2.45, 2.75) is 31.0 Å². The Kier molecular flexibility index (Phi) is 5.06. The van der Waals surface area contributed by atoms with Crippen molar-refractivity contribution in [3.63, 3.8) is 0 Å². The summed E-state index contributed by atoms with van der Waals surface area (Å²) >= 11 is 2.70. The maximum atomic E-state index is 12.6. The molecule has 2 heterocycles. The Labute approximate surface area is 165 Å². The lowest BCUT2D eigenvalue weighted by atomic mass is 10.0. The number of benzene rings is 1. The van der Waals surface area contributed by atoms with Crippen LogP contribution in [0.4, 0.5) is 0 Å². The highest BCUT2D eigenvalue weighted by Crippen LogP contribution is 2.41. The lowest BCUT2D eigenvalue weighted by Crippen LogP contribution is -2.31. The van der Waals surface area contributed by atoms with E-state index in [1.54, 1.807) is 7.05 Å². The van der Waals surface area contributed by atoms with Crippen molar-refractivity contribution in [1.82, 2.24) is 14.9 Å². The van der Waals surface area contributed by atoms with Crippen molar-refractivity contribution in [3.05, 3.63) is 57.2 Å². The number of fused-ring (bicyclic) bond motifs is 1. The van der Waals surface area contributed by atoms with Gasteiger partial charge in [0.2, 0.25) is 5.91 Å². The Bertz CT molecular complexity index is 1040. The molecule has 1 aliphatic rings. The molecule has 0 saturated heterocycles. The summed E-state index contributed by atoms with van der Waals surface area (Å²) in [5.41, 5.74) is 3.01. The van der Waals surface area contributed by atoms with Crippen LogP contribution in [0, 0.1) is 12.8 Å². The van der Waals surface area contributed by atoms with Crippen LogP contribution in [-0.2, 0) is 11.8 Å². The van der Waals surface area contributed by atoms with Crippen LogP contribution in [0.1, 0.15) is 30.0 Å². The van der Waals surface area contributed by atoms with Crippen LogP contribution >= 0.6 is 23.1 Å². The van der Waals surface area contributed by atoms with Gasteiger partial charge in [-0.05, 0) is 42.7 Å². The molecule has 7 heteroatoms. The molecule has 1 aromatic carbocycles. The van der Waals surface area contributed by atoms with Crippen LogP contribution < -0.4 is 10.9 Å². The second kappa shape index (κ2) is 7.48. The molecule has 1 amide bonds. The van der Waals surface area contributed by atoms with Crippen molar-refractivity contribution < 1.29 is 4.79 Å². The minimum Gasteiger partial charge on any atom is -0.348 e. The molecule has 1 saturated carbocycles. The molecular formula is C20H21N3O2S2. The average molecular weight is 400 g/mol. The van der Waals surface area contributed by atoms with E-state index in [0.717, 1.165) is 18.4 Å². The van der Waals surface area contributed by atoms with Crippen molar-refractivity contribution >= 4 is 39.2 Å². The normalized spacial score (nSPS) is 15.0. The van der Waals surface area contributed by atoms with Gasteiger partial charge in [0.25, 0.3) is 5.56 Å². The Hall–Kier alpha value is -2.12. The molecule has 1 N–H and O–H groups in total. The zero-order valence-electron chi connectivity index (χ0n) is 15.3. The first kappa shape index (κ1) is 18.3. The fourth-order valence-corrected chi connectivity index (χ4v) is 4.71. The Morgan fingerprint density at radius 1 is 1.33 bits per heavy atom. The van der Waals surface area contributed by atoms with Gasteiger partial charge in [-0.1, -0.05) is 41.6 Å². The summed E-state index contributed by atoms with van der Waals surface area (Å²) in [7, 11) is 1.70. The highest BCUT2D eigenvalue weighted by Gasteiger charge is 2.33. The van der Waals surface area contributed by atoms with Crippen LogP contribution in [0.2, 0.25) is 0 Å². The number of hydrogen-bond acceptors (Lipinski definition) is 5.